The van der Waals surface area contributed by atoms with Gasteiger partial charge in [-0.05, 0) is 12.1 Å². The van der Waals surface area contributed by atoms with Gasteiger partial charge >= 0.3 is 5.51 Å². The SMILES string of the molecule is N=Cc1c(N)cccc1-c1nc(N2CCOCC2)c2sc(CN3CCN(S(=O)C(F)(F)F)CC3)cc2n1. The summed E-state index contributed by atoms with van der Waals surface area (Å²) < 4.78 is 57.5. The van der Waals surface area contributed by atoms with Crippen LogP contribution in [0.25, 0.3) is 21.6 Å². The molecule has 1 atom stereocenters. The van der Waals surface area contributed by atoms with E-state index in [2.05, 4.69) is 9.80 Å². The third-order valence-corrected chi connectivity index (χ3v) is 8.72. The molecule has 9 nitrogen and oxygen atoms in total. The number of piperazine rings is 1. The van der Waals surface area contributed by atoms with Gasteiger partial charge in [0.25, 0.3) is 0 Å². The summed E-state index contributed by atoms with van der Waals surface area (Å²) >= 11 is 1.57. The highest BCUT2D eigenvalue weighted by atomic mass is 32.2. The summed E-state index contributed by atoms with van der Waals surface area (Å²) in [7, 11) is -2.98. The van der Waals surface area contributed by atoms with E-state index >= 15 is 0 Å². The number of nitrogens with two attached hydrogens (primary N) is 1. The van der Waals surface area contributed by atoms with Gasteiger partial charge in [-0.3, -0.25) is 4.90 Å². The Kier molecular flexibility index (Phi) is 7.45. The highest BCUT2D eigenvalue weighted by Crippen LogP contribution is 2.36. The van der Waals surface area contributed by atoms with Gasteiger partial charge in [0.2, 0.25) is 11.0 Å². The summed E-state index contributed by atoms with van der Waals surface area (Å²) in [5, 5.41) is 7.83. The minimum Gasteiger partial charge on any atom is -0.398 e. The van der Waals surface area contributed by atoms with Crippen LogP contribution in [0.4, 0.5) is 24.7 Å². The van der Waals surface area contributed by atoms with Gasteiger partial charge < -0.3 is 20.8 Å². The van der Waals surface area contributed by atoms with Crippen molar-refractivity contribution in [1.82, 2.24) is 19.2 Å². The molecule has 1 aromatic carbocycles. The van der Waals surface area contributed by atoms with Gasteiger partial charge in [0, 0.05) is 73.7 Å². The third-order valence-electron chi connectivity index (χ3n) is 6.38. The molecule has 3 N–H and O–H groups in total. The van der Waals surface area contributed by atoms with E-state index in [-0.39, 0.29) is 13.1 Å². The molecular formula is C23H26F3N7O2S2. The number of ether oxygens (including phenoxy) is 1. The Bertz CT molecular complexity index is 1320. The van der Waals surface area contributed by atoms with Gasteiger partial charge in [0.1, 0.15) is 0 Å². The molecule has 0 aliphatic carbocycles. The van der Waals surface area contributed by atoms with Crippen molar-refractivity contribution in [1.29, 1.82) is 5.41 Å². The third kappa shape index (κ3) is 5.48. The average molecular weight is 554 g/mol. The monoisotopic (exact) mass is 553 g/mol. The van der Waals surface area contributed by atoms with Crippen molar-refractivity contribution in [3.63, 3.8) is 0 Å². The number of anilines is 2. The van der Waals surface area contributed by atoms with Crippen LogP contribution in [-0.4, -0.2) is 87.6 Å². The number of morpholine rings is 1. The van der Waals surface area contributed by atoms with Crippen LogP contribution >= 0.6 is 11.3 Å². The Morgan fingerprint density at radius 2 is 1.86 bits per heavy atom. The summed E-state index contributed by atoms with van der Waals surface area (Å²) in [6, 6.07) is 7.38. The lowest BCUT2D eigenvalue weighted by Gasteiger charge is -2.33. The first-order chi connectivity index (χ1) is 17.7. The molecule has 198 valence electrons. The van der Waals surface area contributed by atoms with E-state index in [0.29, 0.717) is 68.6 Å². The fourth-order valence-corrected chi connectivity index (χ4v) is 6.45. The number of rotatable bonds is 6. The number of aromatic nitrogens is 2. The quantitative estimate of drug-likeness (QED) is 0.357. The van der Waals surface area contributed by atoms with Crippen molar-refractivity contribution in [2.45, 2.75) is 12.1 Å². The van der Waals surface area contributed by atoms with Crippen LogP contribution in [0, 0.1) is 5.41 Å². The van der Waals surface area contributed by atoms with Crippen molar-refractivity contribution >= 4 is 50.3 Å². The molecular weight excluding hydrogens is 527 g/mol. The number of hydrogen-bond acceptors (Lipinski definition) is 9. The van der Waals surface area contributed by atoms with Crippen LogP contribution in [-0.2, 0) is 22.3 Å². The number of alkyl halides is 3. The first kappa shape index (κ1) is 26.0. The summed E-state index contributed by atoms with van der Waals surface area (Å²) in [4.78, 5) is 15.0. The molecule has 0 amide bonds. The second-order valence-electron chi connectivity index (χ2n) is 8.75. The molecule has 2 aromatic heterocycles. The first-order valence-electron chi connectivity index (χ1n) is 11.7. The Balaban J connectivity index is 1.44. The zero-order valence-corrected chi connectivity index (χ0v) is 21.5. The van der Waals surface area contributed by atoms with E-state index in [1.54, 1.807) is 17.4 Å². The molecule has 2 aliphatic heterocycles. The Morgan fingerprint density at radius 3 is 2.54 bits per heavy atom. The van der Waals surface area contributed by atoms with E-state index < -0.39 is 16.5 Å². The lowest BCUT2D eigenvalue weighted by atomic mass is 10.1. The molecule has 4 heterocycles. The average Bonchev–Trinajstić information content (AvgIpc) is 3.30. The fourth-order valence-electron chi connectivity index (χ4n) is 4.51. The number of halogens is 3. The highest BCUT2D eigenvalue weighted by Gasteiger charge is 2.42. The maximum Gasteiger partial charge on any atom is 0.485 e. The zero-order chi connectivity index (χ0) is 26.2. The van der Waals surface area contributed by atoms with Crippen molar-refractivity contribution in [2.75, 3.05) is 63.1 Å². The van der Waals surface area contributed by atoms with Crippen molar-refractivity contribution in [3.8, 4) is 11.4 Å². The maximum atomic E-state index is 12.8. The van der Waals surface area contributed by atoms with E-state index in [1.807, 2.05) is 18.2 Å². The van der Waals surface area contributed by atoms with E-state index in [4.69, 9.17) is 25.8 Å². The Labute approximate surface area is 218 Å². The van der Waals surface area contributed by atoms with Gasteiger partial charge in [0.15, 0.2) is 11.6 Å². The summed E-state index contributed by atoms with van der Waals surface area (Å²) in [6.07, 6.45) is 1.21. The Morgan fingerprint density at radius 1 is 1.14 bits per heavy atom. The number of hydrogen-bond donors (Lipinski definition) is 2. The first-order valence-corrected chi connectivity index (χ1v) is 13.7. The number of nitrogens with zero attached hydrogens (tertiary/aromatic N) is 5. The largest absolute Gasteiger partial charge is 0.485 e. The Hall–Kier alpha value is -2.65. The van der Waals surface area contributed by atoms with Crippen LogP contribution in [0.3, 0.4) is 0 Å². The summed E-state index contributed by atoms with van der Waals surface area (Å²) in [6.45, 7) is 4.04. The van der Waals surface area contributed by atoms with Crippen LogP contribution in [0.5, 0.6) is 0 Å². The zero-order valence-electron chi connectivity index (χ0n) is 19.8. The summed E-state index contributed by atoms with van der Waals surface area (Å²) in [5.74, 6) is 1.27. The predicted octanol–water partition coefficient (Wildman–Crippen LogP) is 3.08. The maximum absolute atomic E-state index is 12.8. The lowest BCUT2D eigenvalue weighted by Crippen LogP contribution is -2.48. The molecule has 1 unspecified atom stereocenters. The van der Waals surface area contributed by atoms with Gasteiger partial charge in [-0.25, -0.2) is 18.5 Å². The van der Waals surface area contributed by atoms with Crippen LogP contribution in [0.15, 0.2) is 24.3 Å². The molecule has 5 rings (SSSR count). The smallest absolute Gasteiger partial charge is 0.398 e. The molecule has 0 spiro atoms. The van der Waals surface area contributed by atoms with Gasteiger partial charge in [-0.1, -0.05) is 12.1 Å². The second-order valence-corrected chi connectivity index (χ2v) is 11.4. The van der Waals surface area contributed by atoms with Crippen molar-refractivity contribution in [2.24, 2.45) is 0 Å². The van der Waals surface area contributed by atoms with Gasteiger partial charge in [-0.15, -0.1) is 11.3 Å². The van der Waals surface area contributed by atoms with Crippen molar-refractivity contribution in [3.05, 3.63) is 34.7 Å². The standard InChI is InChI=1S/C23H26F3N7O2S2/c24-23(25,26)37(34)33-6-4-31(5-7-33)14-15-12-19-20(36-15)22(32-8-10-35-11-9-32)30-21(29-19)16-2-1-3-18(28)17(16)13-27/h1-3,12-13,27H,4-11,14,28H2. The minimum absolute atomic E-state index is 0.0851. The van der Waals surface area contributed by atoms with Gasteiger partial charge in [0.05, 0.1) is 23.4 Å². The van der Waals surface area contributed by atoms with E-state index in [0.717, 1.165) is 25.2 Å². The van der Waals surface area contributed by atoms with E-state index in [9.17, 15) is 17.4 Å². The van der Waals surface area contributed by atoms with Crippen LogP contribution in [0.1, 0.15) is 10.4 Å². The number of thiophene rings is 1. The normalized spacial score (nSPS) is 18.8. The number of nitrogen functional groups attached to an aromatic ring is 1. The van der Waals surface area contributed by atoms with Crippen LogP contribution < -0.4 is 10.6 Å². The minimum atomic E-state index is -4.74. The lowest BCUT2D eigenvalue weighted by molar-refractivity contribution is -0.0438. The highest BCUT2D eigenvalue weighted by molar-refractivity contribution is 7.83. The second kappa shape index (κ2) is 10.6. The predicted molar refractivity (Wildman–Crippen MR) is 139 cm³/mol. The number of fused-ring (bicyclic) bond motifs is 1. The molecule has 2 fully saturated rings. The molecule has 0 bridgehead atoms. The van der Waals surface area contributed by atoms with Crippen molar-refractivity contribution < 1.29 is 22.1 Å². The van der Waals surface area contributed by atoms with Crippen LogP contribution in [0.2, 0.25) is 0 Å². The topological polar surface area (TPSA) is 112 Å². The molecule has 2 aliphatic rings. The molecule has 3 aromatic rings. The fraction of sp³-hybridized carbons (Fsp3) is 0.435. The number of nitrogens with one attached hydrogen (secondary N) is 1. The number of benzene rings is 1. The van der Waals surface area contributed by atoms with E-state index in [1.165, 1.54) is 6.21 Å². The molecule has 0 radical (unpaired) electrons. The molecule has 37 heavy (non-hydrogen) atoms. The molecule has 2 saturated heterocycles. The summed E-state index contributed by atoms with van der Waals surface area (Å²) in [5.41, 5.74) is 3.83. The van der Waals surface area contributed by atoms with Gasteiger partial charge in [-0.2, -0.15) is 13.2 Å². The molecule has 14 heteroatoms. The molecule has 0 saturated carbocycles.